The first-order valence-electron chi connectivity index (χ1n) is 7.99. The maximum absolute atomic E-state index is 5.97. The standard InChI is InChI=1S/C18H22OSe/c1-2-7-13(8-3-1)20-16-11-5-4-9-14(16)17-15-10-6-12-19-18(15)17/h1-3,7-8,15-16,18H,4-6,9-12H2/b17-14+/t15-,16+,18-/m0/s1. The van der Waals surface area contributed by atoms with Gasteiger partial charge in [-0.05, 0) is 0 Å². The first-order chi connectivity index (χ1) is 9.93. The molecule has 4 rings (SSSR count). The van der Waals surface area contributed by atoms with Crippen molar-refractivity contribution in [3.8, 4) is 0 Å². The molecule has 1 aromatic carbocycles. The van der Waals surface area contributed by atoms with Crippen molar-refractivity contribution in [2.45, 2.75) is 49.4 Å². The average molecular weight is 333 g/mol. The Hall–Kier alpha value is -0.561. The van der Waals surface area contributed by atoms with Crippen molar-refractivity contribution in [1.29, 1.82) is 0 Å². The second kappa shape index (κ2) is 5.67. The van der Waals surface area contributed by atoms with Crippen LogP contribution in [-0.4, -0.2) is 27.7 Å². The summed E-state index contributed by atoms with van der Waals surface area (Å²) in [6.07, 6.45) is 8.77. The number of ether oxygens (including phenoxy) is 1. The van der Waals surface area contributed by atoms with Crippen LogP contribution in [0.3, 0.4) is 0 Å². The van der Waals surface area contributed by atoms with Crippen LogP contribution in [0.4, 0.5) is 0 Å². The van der Waals surface area contributed by atoms with Gasteiger partial charge >= 0.3 is 128 Å². The Morgan fingerprint density at radius 3 is 2.70 bits per heavy atom. The molecule has 2 heteroatoms. The van der Waals surface area contributed by atoms with Crippen LogP contribution in [0.25, 0.3) is 0 Å². The molecule has 1 aromatic rings. The number of fused-ring (bicyclic) bond motifs is 1. The molecule has 2 saturated carbocycles. The van der Waals surface area contributed by atoms with Gasteiger partial charge in [0.2, 0.25) is 0 Å². The van der Waals surface area contributed by atoms with Gasteiger partial charge in [0.1, 0.15) is 0 Å². The van der Waals surface area contributed by atoms with Gasteiger partial charge < -0.3 is 0 Å². The molecule has 0 spiro atoms. The van der Waals surface area contributed by atoms with Crippen LogP contribution in [0.2, 0.25) is 4.82 Å². The molecule has 0 bridgehead atoms. The Kier molecular flexibility index (Phi) is 3.72. The summed E-state index contributed by atoms with van der Waals surface area (Å²) in [4.78, 5) is 0.850. The van der Waals surface area contributed by atoms with Crippen molar-refractivity contribution < 1.29 is 4.74 Å². The zero-order chi connectivity index (χ0) is 13.4. The molecular formula is C18H22OSe. The summed E-state index contributed by atoms with van der Waals surface area (Å²) in [7, 11) is 0. The number of allylic oxidation sites excluding steroid dienone is 1. The summed E-state index contributed by atoms with van der Waals surface area (Å²) >= 11 is 0.607. The van der Waals surface area contributed by atoms with Gasteiger partial charge in [0.15, 0.2) is 0 Å². The zero-order valence-corrected chi connectivity index (χ0v) is 13.6. The summed E-state index contributed by atoms with van der Waals surface area (Å²) in [6.45, 7) is 0.993. The van der Waals surface area contributed by atoms with E-state index in [-0.39, 0.29) is 0 Å². The van der Waals surface area contributed by atoms with Gasteiger partial charge in [0.25, 0.3) is 0 Å². The normalized spacial score (nSPS) is 36.5. The van der Waals surface area contributed by atoms with Gasteiger partial charge in [0, 0.05) is 0 Å². The Balaban J connectivity index is 1.56. The third kappa shape index (κ3) is 2.50. The fourth-order valence-electron chi connectivity index (χ4n) is 3.84. The predicted molar refractivity (Wildman–Crippen MR) is 83.5 cm³/mol. The molecule has 3 fully saturated rings. The first-order valence-corrected chi connectivity index (χ1v) is 9.84. The molecule has 0 amide bonds. The third-order valence-corrected chi connectivity index (χ3v) is 7.69. The van der Waals surface area contributed by atoms with Crippen molar-refractivity contribution in [3.63, 3.8) is 0 Å². The van der Waals surface area contributed by atoms with Gasteiger partial charge in [-0.1, -0.05) is 0 Å². The summed E-state index contributed by atoms with van der Waals surface area (Å²) in [6, 6.07) is 11.1. The van der Waals surface area contributed by atoms with Gasteiger partial charge in [-0.3, -0.25) is 0 Å². The van der Waals surface area contributed by atoms with Gasteiger partial charge in [-0.15, -0.1) is 0 Å². The molecule has 20 heavy (non-hydrogen) atoms. The van der Waals surface area contributed by atoms with Crippen LogP contribution in [-0.2, 0) is 4.74 Å². The van der Waals surface area contributed by atoms with Crippen molar-refractivity contribution >= 4 is 19.4 Å². The second-order valence-electron chi connectivity index (χ2n) is 6.19. The molecule has 0 N–H and O–H groups in total. The van der Waals surface area contributed by atoms with E-state index in [1.807, 2.05) is 5.57 Å². The Bertz CT molecular complexity index is 493. The van der Waals surface area contributed by atoms with Crippen LogP contribution < -0.4 is 4.46 Å². The van der Waals surface area contributed by atoms with E-state index in [0.717, 1.165) is 17.3 Å². The predicted octanol–water partition coefficient (Wildman–Crippen LogP) is 3.48. The van der Waals surface area contributed by atoms with E-state index < -0.39 is 0 Å². The fraction of sp³-hybridized carbons (Fsp3) is 0.556. The summed E-state index contributed by atoms with van der Waals surface area (Å²) in [5.41, 5.74) is 3.56. The molecule has 3 atom stereocenters. The van der Waals surface area contributed by atoms with Crippen molar-refractivity contribution in [1.82, 2.24) is 0 Å². The first kappa shape index (κ1) is 13.1. The summed E-state index contributed by atoms with van der Waals surface area (Å²) < 4.78 is 7.53. The molecule has 106 valence electrons. The maximum atomic E-state index is 5.97. The molecule has 3 aliphatic rings. The Labute approximate surface area is 127 Å². The van der Waals surface area contributed by atoms with Crippen LogP contribution in [0.15, 0.2) is 41.5 Å². The van der Waals surface area contributed by atoms with E-state index >= 15 is 0 Å². The topological polar surface area (TPSA) is 9.23 Å². The molecule has 0 radical (unpaired) electrons. The molecule has 0 aromatic heterocycles. The summed E-state index contributed by atoms with van der Waals surface area (Å²) in [5.74, 6) is 0.811. The van der Waals surface area contributed by atoms with Crippen LogP contribution >= 0.6 is 0 Å². The molecule has 2 aliphatic carbocycles. The van der Waals surface area contributed by atoms with Gasteiger partial charge in [0.05, 0.1) is 0 Å². The van der Waals surface area contributed by atoms with Crippen molar-refractivity contribution in [2.75, 3.05) is 6.61 Å². The van der Waals surface area contributed by atoms with E-state index in [1.165, 1.54) is 38.5 Å². The third-order valence-electron chi connectivity index (χ3n) is 4.86. The average Bonchev–Trinajstić information content (AvgIpc) is 3.23. The minimum absolute atomic E-state index is 0.533. The number of rotatable bonds is 2. The second-order valence-corrected chi connectivity index (χ2v) is 8.86. The zero-order valence-electron chi connectivity index (χ0n) is 11.9. The SMILES string of the molecule is c1ccc([Se][C@@H]2CCCC/C2=C2\[C@H]3OCCC[C@@H]23)cc1. The van der Waals surface area contributed by atoms with E-state index in [4.69, 9.17) is 4.74 Å². The van der Waals surface area contributed by atoms with E-state index in [1.54, 1.807) is 10.0 Å². The van der Waals surface area contributed by atoms with Gasteiger partial charge in [-0.25, -0.2) is 0 Å². The minimum atomic E-state index is 0.533. The fourth-order valence-corrected chi connectivity index (χ4v) is 6.62. The molecule has 0 unspecified atom stereocenters. The Morgan fingerprint density at radius 1 is 1.00 bits per heavy atom. The number of hydrogen-bond acceptors (Lipinski definition) is 1. The van der Waals surface area contributed by atoms with E-state index in [9.17, 15) is 0 Å². The van der Waals surface area contributed by atoms with E-state index in [2.05, 4.69) is 30.3 Å². The van der Waals surface area contributed by atoms with Crippen LogP contribution in [0, 0.1) is 5.92 Å². The summed E-state index contributed by atoms with van der Waals surface area (Å²) in [5, 5.41) is 0. The molecule has 1 nitrogen and oxygen atoms in total. The number of benzene rings is 1. The van der Waals surface area contributed by atoms with Crippen LogP contribution in [0.1, 0.15) is 38.5 Å². The number of hydrogen-bond donors (Lipinski definition) is 0. The monoisotopic (exact) mass is 334 g/mol. The van der Waals surface area contributed by atoms with Crippen molar-refractivity contribution in [2.24, 2.45) is 5.92 Å². The molecular weight excluding hydrogens is 311 g/mol. The quantitative estimate of drug-likeness (QED) is 0.595. The van der Waals surface area contributed by atoms with Gasteiger partial charge in [-0.2, -0.15) is 0 Å². The molecule has 1 saturated heterocycles. The van der Waals surface area contributed by atoms with Crippen molar-refractivity contribution in [3.05, 3.63) is 41.5 Å². The van der Waals surface area contributed by atoms with E-state index in [0.29, 0.717) is 21.1 Å². The Morgan fingerprint density at radius 2 is 1.90 bits per heavy atom. The molecule has 1 aliphatic heterocycles. The van der Waals surface area contributed by atoms with Crippen LogP contribution in [0.5, 0.6) is 0 Å². The molecule has 1 heterocycles.